The first kappa shape index (κ1) is 31.9. The van der Waals surface area contributed by atoms with Crippen molar-refractivity contribution in [2.75, 3.05) is 0 Å². The molecule has 3 aromatic rings. The van der Waals surface area contributed by atoms with Crippen molar-refractivity contribution in [3.63, 3.8) is 0 Å². The summed E-state index contributed by atoms with van der Waals surface area (Å²) >= 11 is 0. The fourth-order valence-corrected chi connectivity index (χ4v) is 3.45. The maximum absolute atomic E-state index is 12.8. The molecule has 0 radical (unpaired) electrons. The van der Waals surface area contributed by atoms with E-state index in [2.05, 4.69) is 9.98 Å². The van der Waals surface area contributed by atoms with Gasteiger partial charge >= 0.3 is 19.5 Å². The Hall–Kier alpha value is -3.11. The molecule has 3 aromatic carbocycles. The zero-order chi connectivity index (χ0) is 27.1. The molecule has 0 aliphatic rings. The molecule has 6 heteroatoms. The van der Waals surface area contributed by atoms with Crippen molar-refractivity contribution < 1.29 is 34.5 Å². The van der Waals surface area contributed by atoms with Crippen molar-refractivity contribution >= 4 is 29.6 Å². The van der Waals surface area contributed by atoms with E-state index < -0.39 is 0 Å². The molecule has 0 aliphatic carbocycles. The Balaban J connectivity index is 0.00000127. The quantitative estimate of drug-likeness (QED) is 0.274. The maximum Gasteiger partial charge on any atom is 2.00 e. The molecule has 0 saturated carbocycles. The van der Waals surface area contributed by atoms with E-state index >= 15 is 0 Å². The standard InChI is InChI=1S/C28H32N2O2.C3H6O.Zn/c1-27(2,3)21-13-9-11-19(25(21)31)17-29-23-15-7-8-16-24(23)30-18-20-12-10-14-22(26(20)32)28(4,5)6;1-3(2)4;/h7-18,31-32H,1-6H3;1-2H3;/q;;+2/p-2. The molecule has 0 atom stereocenters. The second-order valence-electron chi connectivity index (χ2n) is 10.9. The second-order valence-corrected chi connectivity index (χ2v) is 10.9. The topological polar surface area (TPSA) is 87.9 Å². The molecule has 0 amide bonds. The Morgan fingerprint density at radius 2 is 0.973 bits per heavy atom. The van der Waals surface area contributed by atoms with Crippen LogP contribution in [0.4, 0.5) is 11.4 Å². The molecule has 190 valence electrons. The predicted octanol–water partition coefficient (Wildman–Crippen LogP) is 6.52. The van der Waals surface area contributed by atoms with E-state index in [1.807, 2.05) is 90.1 Å². The summed E-state index contributed by atoms with van der Waals surface area (Å²) in [6.45, 7) is 15.2. The van der Waals surface area contributed by atoms with E-state index in [1.165, 1.54) is 13.8 Å². The number of nitrogens with zero attached hydrogens (tertiary/aromatic N) is 2. The van der Waals surface area contributed by atoms with Crippen molar-refractivity contribution in [3.05, 3.63) is 82.9 Å². The van der Waals surface area contributed by atoms with Gasteiger partial charge in [-0.2, -0.15) is 0 Å². The number of hydrogen-bond donors (Lipinski definition) is 0. The third-order valence-corrected chi connectivity index (χ3v) is 5.27. The van der Waals surface area contributed by atoms with Crippen LogP contribution < -0.4 is 10.2 Å². The first-order chi connectivity index (χ1) is 16.7. The molecule has 0 spiro atoms. The minimum Gasteiger partial charge on any atom is -0.872 e. The van der Waals surface area contributed by atoms with Gasteiger partial charge in [0.15, 0.2) is 0 Å². The van der Waals surface area contributed by atoms with Gasteiger partial charge in [0.25, 0.3) is 0 Å². The molecule has 0 bridgehead atoms. The average molecular weight is 550 g/mol. The summed E-state index contributed by atoms with van der Waals surface area (Å²) < 4.78 is 0. The minimum absolute atomic E-state index is 0. The normalized spacial score (nSPS) is 11.7. The van der Waals surface area contributed by atoms with E-state index in [1.54, 1.807) is 24.6 Å². The summed E-state index contributed by atoms with van der Waals surface area (Å²) in [6.07, 6.45) is 3.18. The van der Waals surface area contributed by atoms with E-state index in [4.69, 9.17) is 0 Å². The number of Topliss-reactive ketones (excluding diaryl/α,β-unsaturated/α-hetero) is 1. The van der Waals surface area contributed by atoms with Crippen molar-refractivity contribution in [1.29, 1.82) is 0 Å². The molecule has 37 heavy (non-hydrogen) atoms. The Morgan fingerprint density at radius 1 is 0.649 bits per heavy atom. The van der Waals surface area contributed by atoms with Gasteiger partial charge in [0.05, 0.1) is 11.4 Å². The van der Waals surface area contributed by atoms with Gasteiger partial charge in [-0.1, -0.05) is 102 Å². The molecule has 5 nitrogen and oxygen atoms in total. The van der Waals surface area contributed by atoms with Crippen LogP contribution in [0.2, 0.25) is 0 Å². The van der Waals surface area contributed by atoms with Crippen LogP contribution in [0.5, 0.6) is 11.5 Å². The van der Waals surface area contributed by atoms with Crippen LogP contribution in [0.15, 0.2) is 70.6 Å². The third kappa shape index (κ3) is 9.37. The zero-order valence-corrected chi connectivity index (χ0v) is 26.2. The van der Waals surface area contributed by atoms with Gasteiger partial charge in [-0.05, 0) is 59.1 Å². The molecule has 0 heterocycles. The van der Waals surface area contributed by atoms with Crippen LogP contribution in [0.1, 0.15) is 77.6 Å². The number of carbonyl (C=O) groups is 1. The summed E-state index contributed by atoms with van der Waals surface area (Å²) in [7, 11) is 0. The van der Waals surface area contributed by atoms with Crippen LogP contribution >= 0.6 is 0 Å². The van der Waals surface area contributed by atoms with Gasteiger partial charge in [0.2, 0.25) is 0 Å². The van der Waals surface area contributed by atoms with Crippen molar-refractivity contribution in [3.8, 4) is 11.5 Å². The molecule has 3 rings (SSSR count). The molecular formula is C31H36N2O3Zn. The van der Waals surface area contributed by atoms with E-state index in [9.17, 15) is 15.0 Å². The van der Waals surface area contributed by atoms with Crippen LogP contribution in [0.3, 0.4) is 0 Å². The first-order valence-electron chi connectivity index (χ1n) is 12.0. The Labute approximate surface area is 234 Å². The molecule has 0 saturated heterocycles. The largest absolute Gasteiger partial charge is 2.00 e. The monoisotopic (exact) mass is 548 g/mol. The van der Waals surface area contributed by atoms with Gasteiger partial charge in [-0.3, -0.25) is 9.98 Å². The molecule has 0 aromatic heterocycles. The number of ketones is 1. The van der Waals surface area contributed by atoms with Gasteiger partial charge < -0.3 is 15.0 Å². The van der Waals surface area contributed by atoms with Crippen LogP contribution in [-0.2, 0) is 35.1 Å². The number of benzene rings is 3. The third-order valence-electron chi connectivity index (χ3n) is 5.27. The average Bonchev–Trinajstić information content (AvgIpc) is 2.76. The predicted molar refractivity (Wildman–Crippen MR) is 146 cm³/mol. The van der Waals surface area contributed by atoms with Gasteiger partial charge in [0.1, 0.15) is 5.78 Å². The van der Waals surface area contributed by atoms with Crippen LogP contribution in [0, 0.1) is 0 Å². The summed E-state index contributed by atoms with van der Waals surface area (Å²) in [5.74, 6) is 0.138. The van der Waals surface area contributed by atoms with Gasteiger partial charge in [-0.15, -0.1) is 0 Å². The summed E-state index contributed by atoms with van der Waals surface area (Å²) in [5.41, 5.74) is 3.38. The fourth-order valence-electron chi connectivity index (χ4n) is 3.45. The number of rotatable bonds is 4. The second kappa shape index (κ2) is 13.4. The van der Waals surface area contributed by atoms with Crippen LogP contribution in [-0.4, -0.2) is 18.2 Å². The molecule has 0 fully saturated rings. The Morgan fingerprint density at radius 3 is 1.27 bits per heavy atom. The Kier molecular flexibility index (Phi) is 11.6. The number of aliphatic imine (C=N–C) groups is 2. The van der Waals surface area contributed by atoms with Gasteiger partial charge in [-0.25, -0.2) is 0 Å². The summed E-state index contributed by atoms with van der Waals surface area (Å²) in [4.78, 5) is 18.5. The summed E-state index contributed by atoms with van der Waals surface area (Å²) in [5, 5.41) is 25.7. The van der Waals surface area contributed by atoms with Crippen molar-refractivity contribution in [2.45, 2.75) is 66.2 Å². The first-order valence-corrected chi connectivity index (χ1v) is 12.0. The number of carbonyl (C=O) groups excluding carboxylic acids is 1. The van der Waals surface area contributed by atoms with Gasteiger partial charge in [0, 0.05) is 12.4 Å². The molecular weight excluding hydrogens is 514 g/mol. The number of para-hydroxylation sites is 4. The molecule has 0 aliphatic heterocycles. The molecule has 0 unspecified atom stereocenters. The minimum atomic E-state index is -0.235. The van der Waals surface area contributed by atoms with E-state index in [-0.39, 0.29) is 47.6 Å². The zero-order valence-electron chi connectivity index (χ0n) is 23.3. The smallest absolute Gasteiger partial charge is 0.872 e. The Bertz CT molecular complexity index is 1170. The molecule has 0 N–H and O–H groups in total. The fraction of sp³-hybridized carbons (Fsp3) is 0.323. The number of hydrogen-bond acceptors (Lipinski definition) is 5. The van der Waals surface area contributed by atoms with Crippen molar-refractivity contribution in [1.82, 2.24) is 0 Å². The van der Waals surface area contributed by atoms with Crippen molar-refractivity contribution in [2.24, 2.45) is 9.98 Å². The SMILES string of the molecule is CC(C)(C)c1cccc(C=Nc2ccccc2N=Cc2cccc(C(C)(C)C)c2[O-])c1[O-].CC(C)=O.[Zn+2]. The van der Waals surface area contributed by atoms with E-state index in [0.29, 0.717) is 22.5 Å². The summed E-state index contributed by atoms with van der Waals surface area (Å²) in [6, 6.07) is 18.5. The van der Waals surface area contributed by atoms with E-state index in [0.717, 1.165) is 11.1 Å². The maximum atomic E-state index is 12.8. The van der Waals surface area contributed by atoms with Crippen LogP contribution in [0.25, 0.3) is 0 Å².